The first-order chi connectivity index (χ1) is 11.1. The second-order valence-corrected chi connectivity index (χ2v) is 6.68. The van der Waals surface area contributed by atoms with E-state index in [0.29, 0.717) is 22.6 Å². The molecular weight excluding hydrogens is 378 g/mol. The molecule has 1 heterocycles. The SMILES string of the molecule is CCOc1cc(-c2nc3ccccc3s2)cc(Br)c1OC(C)=O. The van der Waals surface area contributed by atoms with E-state index in [-0.39, 0.29) is 5.97 Å². The average Bonchev–Trinajstić information content (AvgIpc) is 2.94. The Morgan fingerprint density at radius 1 is 1.30 bits per heavy atom. The van der Waals surface area contributed by atoms with Crippen molar-refractivity contribution in [3.8, 4) is 22.1 Å². The van der Waals surface area contributed by atoms with Crippen LogP contribution in [0.3, 0.4) is 0 Å². The minimum atomic E-state index is -0.389. The molecule has 0 aliphatic carbocycles. The average molecular weight is 392 g/mol. The number of carbonyl (C=O) groups is 1. The monoisotopic (exact) mass is 391 g/mol. The molecule has 1 aromatic heterocycles. The molecule has 0 amide bonds. The van der Waals surface area contributed by atoms with E-state index in [1.807, 2.05) is 43.3 Å². The number of rotatable bonds is 4. The van der Waals surface area contributed by atoms with Crippen LogP contribution in [0.2, 0.25) is 0 Å². The van der Waals surface area contributed by atoms with E-state index in [1.165, 1.54) is 6.92 Å². The minimum Gasteiger partial charge on any atom is -0.490 e. The lowest BCUT2D eigenvalue weighted by Crippen LogP contribution is -2.05. The van der Waals surface area contributed by atoms with Gasteiger partial charge in [0.05, 0.1) is 21.3 Å². The van der Waals surface area contributed by atoms with E-state index in [4.69, 9.17) is 9.47 Å². The summed E-state index contributed by atoms with van der Waals surface area (Å²) in [6.45, 7) is 3.73. The topological polar surface area (TPSA) is 48.4 Å². The molecule has 0 unspecified atom stereocenters. The van der Waals surface area contributed by atoms with Gasteiger partial charge in [-0.3, -0.25) is 4.79 Å². The van der Waals surface area contributed by atoms with Gasteiger partial charge in [-0.1, -0.05) is 12.1 Å². The number of nitrogens with zero attached hydrogens (tertiary/aromatic N) is 1. The maximum atomic E-state index is 11.3. The van der Waals surface area contributed by atoms with Gasteiger partial charge in [-0.25, -0.2) is 4.98 Å². The van der Waals surface area contributed by atoms with Gasteiger partial charge in [0.1, 0.15) is 5.01 Å². The Labute approximate surface area is 146 Å². The van der Waals surface area contributed by atoms with E-state index in [9.17, 15) is 4.79 Å². The van der Waals surface area contributed by atoms with Crippen LogP contribution in [0.4, 0.5) is 0 Å². The van der Waals surface area contributed by atoms with E-state index in [2.05, 4.69) is 20.9 Å². The van der Waals surface area contributed by atoms with Gasteiger partial charge in [0.2, 0.25) is 0 Å². The van der Waals surface area contributed by atoms with Crippen molar-refractivity contribution in [1.82, 2.24) is 4.98 Å². The number of benzene rings is 2. The fraction of sp³-hybridized carbons (Fsp3) is 0.176. The van der Waals surface area contributed by atoms with Crippen molar-refractivity contribution in [2.45, 2.75) is 13.8 Å². The highest BCUT2D eigenvalue weighted by Gasteiger charge is 2.16. The molecule has 0 radical (unpaired) electrons. The fourth-order valence-corrected chi connectivity index (χ4v) is 3.67. The molecule has 2 aromatic carbocycles. The summed E-state index contributed by atoms with van der Waals surface area (Å²) in [6, 6.07) is 11.7. The molecule has 0 saturated heterocycles. The molecule has 0 bridgehead atoms. The summed E-state index contributed by atoms with van der Waals surface area (Å²) < 4.78 is 12.7. The summed E-state index contributed by atoms with van der Waals surface area (Å²) in [4.78, 5) is 15.9. The lowest BCUT2D eigenvalue weighted by molar-refractivity contribution is -0.132. The number of hydrogen-bond donors (Lipinski definition) is 0. The molecule has 3 rings (SSSR count). The van der Waals surface area contributed by atoms with Gasteiger partial charge >= 0.3 is 5.97 Å². The third kappa shape index (κ3) is 3.38. The first kappa shape index (κ1) is 16.0. The summed E-state index contributed by atoms with van der Waals surface area (Å²) in [5.41, 5.74) is 1.88. The maximum absolute atomic E-state index is 11.3. The first-order valence-corrected chi connectivity index (χ1v) is 8.70. The Morgan fingerprint density at radius 2 is 2.09 bits per heavy atom. The lowest BCUT2D eigenvalue weighted by Gasteiger charge is -2.12. The highest BCUT2D eigenvalue weighted by molar-refractivity contribution is 9.10. The molecule has 0 saturated carbocycles. The second kappa shape index (κ2) is 6.68. The summed E-state index contributed by atoms with van der Waals surface area (Å²) in [7, 11) is 0. The quantitative estimate of drug-likeness (QED) is 0.461. The molecule has 0 aliphatic rings. The number of aromatic nitrogens is 1. The van der Waals surface area contributed by atoms with Crippen molar-refractivity contribution in [2.24, 2.45) is 0 Å². The largest absolute Gasteiger partial charge is 0.490 e. The van der Waals surface area contributed by atoms with Gasteiger partial charge in [0.25, 0.3) is 0 Å². The van der Waals surface area contributed by atoms with Gasteiger partial charge in [0, 0.05) is 12.5 Å². The summed E-state index contributed by atoms with van der Waals surface area (Å²) in [6.07, 6.45) is 0. The maximum Gasteiger partial charge on any atom is 0.308 e. The number of esters is 1. The van der Waals surface area contributed by atoms with Gasteiger partial charge in [-0.2, -0.15) is 0 Å². The van der Waals surface area contributed by atoms with Gasteiger partial charge < -0.3 is 9.47 Å². The lowest BCUT2D eigenvalue weighted by atomic mass is 10.2. The van der Waals surface area contributed by atoms with Crippen LogP contribution in [0.1, 0.15) is 13.8 Å². The van der Waals surface area contributed by atoms with Crippen LogP contribution in [0.25, 0.3) is 20.8 Å². The van der Waals surface area contributed by atoms with Crippen LogP contribution in [0.15, 0.2) is 40.9 Å². The van der Waals surface area contributed by atoms with Gasteiger partial charge in [-0.05, 0) is 47.1 Å². The second-order valence-electron chi connectivity index (χ2n) is 4.80. The molecule has 118 valence electrons. The number of ether oxygens (including phenoxy) is 2. The molecule has 3 aromatic rings. The standard InChI is InChI=1S/C17H14BrNO3S/c1-3-21-14-9-11(8-12(18)16(14)22-10(2)20)17-19-13-6-4-5-7-15(13)23-17/h4-9H,3H2,1-2H3. The fourth-order valence-electron chi connectivity index (χ4n) is 2.19. The zero-order valence-corrected chi connectivity index (χ0v) is 15.0. The van der Waals surface area contributed by atoms with Crippen molar-refractivity contribution in [2.75, 3.05) is 6.61 Å². The van der Waals surface area contributed by atoms with Crippen LogP contribution in [-0.2, 0) is 4.79 Å². The summed E-state index contributed by atoms with van der Waals surface area (Å²) in [5, 5.41) is 0.891. The van der Waals surface area contributed by atoms with E-state index < -0.39 is 0 Å². The van der Waals surface area contributed by atoms with Crippen molar-refractivity contribution in [3.63, 3.8) is 0 Å². The van der Waals surface area contributed by atoms with E-state index in [1.54, 1.807) is 11.3 Å². The van der Waals surface area contributed by atoms with Crippen LogP contribution in [-0.4, -0.2) is 17.6 Å². The van der Waals surface area contributed by atoms with Crippen molar-refractivity contribution >= 4 is 43.5 Å². The molecule has 0 atom stereocenters. The molecule has 0 aliphatic heterocycles. The van der Waals surface area contributed by atoms with Gasteiger partial charge in [0.15, 0.2) is 11.5 Å². The Kier molecular flexibility index (Phi) is 4.63. The van der Waals surface area contributed by atoms with Gasteiger partial charge in [-0.15, -0.1) is 11.3 Å². The normalized spacial score (nSPS) is 10.7. The Hall–Kier alpha value is -1.92. The number of fused-ring (bicyclic) bond motifs is 1. The van der Waals surface area contributed by atoms with Crippen molar-refractivity contribution in [1.29, 1.82) is 0 Å². The number of para-hydroxylation sites is 1. The smallest absolute Gasteiger partial charge is 0.308 e. The Bertz CT molecular complexity index is 842. The van der Waals surface area contributed by atoms with Crippen LogP contribution < -0.4 is 9.47 Å². The third-order valence-electron chi connectivity index (χ3n) is 3.10. The number of carbonyl (C=O) groups excluding carboxylic acids is 1. The molecular formula is C17H14BrNO3S. The predicted octanol–water partition coefficient (Wildman–Crippen LogP) is 5.05. The van der Waals surface area contributed by atoms with E-state index >= 15 is 0 Å². The highest BCUT2D eigenvalue weighted by atomic mass is 79.9. The Morgan fingerprint density at radius 3 is 2.78 bits per heavy atom. The first-order valence-electron chi connectivity index (χ1n) is 7.09. The molecule has 0 fully saturated rings. The summed E-state index contributed by atoms with van der Waals surface area (Å²) >= 11 is 5.07. The molecule has 4 nitrogen and oxygen atoms in total. The van der Waals surface area contributed by atoms with Crippen molar-refractivity contribution < 1.29 is 14.3 Å². The number of halogens is 1. The highest BCUT2D eigenvalue weighted by Crippen LogP contribution is 2.41. The zero-order valence-electron chi connectivity index (χ0n) is 12.6. The molecule has 0 N–H and O–H groups in total. The number of hydrogen-bond acceptors (Lipinski definition) is 5. The molecule has 23 heavy (non-hydrogen) atoms. The van der Waals surface area contributed by atoms with Crippen LogP contribution in [0.5, 0.6) is 11.5 Å². The predicted molar refractivity (Wildman–Crippen MR) is 95.2 cm³/mol. The third-order valence-corrected chi connectivity index (χ3v) is 4.77. The Balaban J connectivity index is 2.10. The summed E-state index contributed by atoms with van der Waals surface area (Å²) in [5.74, 6) is 0.523. The molecule has 0 spiro atoms. The van der Waals surface area contributed by atoms with Crippen LogP contribution >= 0.6 is 27.3 Å². The molecule has 6 heteroatoms. The van der Waals surface area contributed by atoms with Crippen LogP contribution in [0, 0.1) is 0 Å². The van der Waals surface area contributed by atoms with Crippen molar-refractivity contribution in [3.05, 3.63) is 40.9 Å². The van der Waals surface area contributed by atoms with E-state index in [0.717, 1.165) is 20.8 Å². The number of thiazole rings is 1. The zero-order chi connectivity index (χ0) is 16.4. The minimum absolute atomic E-state index is 0.389.